The number of fused-ring (bicyclic) bond motifs is 1. The van der Waals surface area contributed by atoms with Gasteiger partial charge in [0.15, 0.2) is 6.04 Å². The Labute approximate surface area is 178 Å². The average molecular weight is 428 g/mol. The molecule has 162 valence electrons. The van der Waals surface area contributed by atoms with Crippen LogP contribution >= 0.6 is 0 Å². The Hall–Kier alpha value is -3.29. The number of nitrogens with zero attached hydrogens (tertiary/aromatic N) is 2. The van der Waals surface area contributed by atoms with Gasteiger partial charge in [0.25, 0.3) is 5.91 Å². The van der Waals surface area contributed by atoms with Crippen LogP contribution in [0, 0.1) is 20.8 Å². The van der Waals surface area contributed by atoms with Gasteiger partial charge < -0.3 is 10.6 Å². The van der Waals surface area contributed by atoms with Crippen molar-refractivity contribution in [3.8, 4) is 0 Å². The molecule has 1 aromatic heterocycles. The minimum Gasteiger partial charge on any atom is -0.363 e. The summed E-state index contributed by atoms with van der Waals surface area (Å²) in [5, 5.41) is 9.84. The number of alkyl halides is 3. The summed E-state index contributed by atoms with van der Waals surface area (Å²) in [5.41, 5.74) is 4.26. The van der Waals surface area contributed by atoms with Gasteiger partial charge in [-0.15, -0.1) is 0 Å². The van der Waals surface area contributed by atoms with Crippen molar-refractivity contribution in [1.82, 2.24) is 9.78 Å². The lowest BCUT2D eigenvalue weighted by Crippen LogP contribution is -2.36. The minimum absolute atomic E-state index is 0.0713. The molecule has 0 radical (unpaired) electrons. The fraction of sp³-hybridized carbons (Fsp3) is 0.304. The summed E-state index contributed by atoms with van der Waals surface area (Å²) >= 11 is 0. The smallest absolute Gasteiger partial charge is 0.363 e. The lowest BCUT2D eigenvalue weighted by atomic mass is 9.96. The van der Waals surface area contributed by atoms with E-state index in [4.69, 9.17) is 0 Å². The van der Waals surface area contributed by atoms with Crippen LogP contribution in [0.15, 0.2) is 48.7 Å². The number of rotatable bonds is 3. The number of nitrogens with one attached hydrogen (secondary N) is 2. The largest absolute Gasteiger partial charge is 0.410 e. The lowest BCUT2D eigenvalue weighted by molar-refractivity contribution is -0.173. The first kappa shape index (κ1) is 21.0. The van der Waals surface area contributed by atoms with Gasteiger partial charge in [0.1, 0.15) is 11.4 Å². The Balaban J connectivity index is 1.70. The molecule has 5 nitrogen and oxygen atoms in total. The van der Waals surface area contributed by atoms with Crippen molar-refractivity contribution in [2.45, 2.75) is 45.5 Å². The molecule has 0 aliphatic carbocycles. The highest BCUT2D eigenvalue weighted by Crippen LogP contribution is 2.44. The molecule has 8 heteroatoms. The second-order valence-corrected chi connectivity index (χ2v) is 8.02. The van der Waals surface area contributed by atoms with Crippen LogP contribution in [-0.4, -0.2) is 21.9 Å². The number of halogens is 3. The predicted molar refractivity (Wildman–Crippen MR) is 113 cm³/mol. The van der Waals surface area contributed by atoms with Crippen molar-refractivity contribution >= 4 is 17.4 Å². The summed E-state index contributed by atoms with van der Waals surface area (Å²) in [6, 6.07) is 10.5. The highest BCUT2D eigenvalue weighted by Gasteiger charge is 2.47. The third kappa shape index (κ3) is 4.15. The molecule has 0 saturated heterocycles. The van der Waals surface area contributed by atoms with Crippen LogP contribution in [-0.2, 0) is 0 Å². The van der Waals surface area contributed by atoms with Crippen molar-refractivity contribution < 1.29 is 18.0 Å². The van der Waals surface area contributed by atoms with Crippen molar-refractivity contribution in [1.29, 1.82) is 0 Å². The number of hydrogen-bond donors (Lipinski definition) is 2. The van der Waals surface area contributed by atoms with E-state index in [1.165, 1.54) is 6.20 Å². The van der Waals surface area contributed by atoms with E-state index in [1.54, 1.807) is 0 Å². The van der Waals surface area contributed by atoms with E-state index in [0.717, 1.165) is 26.9 Å². The molecule has 0 bridgehead atoms. The molecule has 31 heavy (non-hydrogen) atoms. The topological polar surface area (TPSA) is 59.0 Å². The predicted octanol–water partition coefficient (Wildman–Crippen LogP) is 5.72. The van der Waals surface area contributed by atoms with Crippen molar-refractivity contribution in [2.24, 2.45) is 0 Å². The van der Waals surface area contributed by atoms with E-state index in [0.29, 0.717) is 5.69 Å². The molecule has 2 N–H and O–H groups in total. The quantitative estimate of drug-likeness (QED) is 0.561. The summed E-state index contributed by atoms with van der Waals surface area (Å²) < 4.78 is 42.4. The summed E-state index contributed by atoms with van der Waals surface area (Å²) in [6.07, 6.45) is -3.51. The molecule has 0 fully saturated rings. The van der Waals surface area contributed by atoms with Gasteiger partial charge >= 0.3 is 6.18 Å². The summed E-state index contributed by atoms with van der Waals surface area (Å²) in [4.78, 5) is 13.0. The van der Waals surface area contributed by atoms with E-state index in [-0.39, 0.29) is 17.8 Å². The molecule has 2 heterocycles. The molecule has 2 aromatic carbocycles. The van der Waals surface area contributed by atoms with Gasteiger partial charge in [0.2, 0.25) is 0 Å². The Kier molecular flexibility index (Phi) is 5.24. The van der Waals surface area contributed by atoms with E-state index in [2.05, 4.69) is 15.7 Å². The summed E-state index contributed by atoms with van der Waals surface area (Å²) in [7, 11) is 0. The molecule has 0 saturated carbocycles. The fourth-order valence-electron chi connectivity index (χ4n) is 3.81. The molecule has 0 unspecified atom stereocenters. The number of aryl methyl sites for hydroxylation is 3. The van der Waals surface area contributed by atoms with Crippen LogP contribution < -0.4 is 10.6 Å². The van der Waals surface area contributed by atoms with Gasteiger partial charge in [-0.1, -0.05) is 42.0 Å². The summed E-state index contributed by atoms with van der Waals surface area (Å²) in [6.45, 7) is 5.67. The third-order valence-electron chi connectivity index (χ3n) is 5.60. The first-order valence-electron chi connectivity index (χ1n) is 9.99. The molecular weight excluding hydrogens is 405 g/mol. The highest BCUT2D eigenvalue weighted by molar-refractivity contribution is 6.07. The maximum absolute atomic E-state index is 13.8. The second kappa shape index (κ2) is 7.76. The van der Waals surface area contributed by atoms with Gasteiger partial charge in [0.05, 0.1) is 12.2 Å². The standard InChI is InChI=1S/C23H23F3N4O/c1-13-5-8-16(9-6-13)19-11-20(23(24,25)26)30-21(28-19)17(12-27-30)22(31)29-18-10-14(2)4-7-15(18)3/h4-10,12,19-20,28H,11H2,1-3H3,(H,29,31)/t19-,20-/m0/s1. The molecular formula is C23H23F3N4O. The van der Waals surface area contributed by atoms with E-state index >= 15 is 0 Å². The van der Waals surface area contributed by atoms with Crippen molar-refractivity contribution in [3.63, 3.8) is 0 Å². The van der Waals surface area contributed by atoms with Crippen LogP contribution in [0.2, 0.25) is 0 Å². The minimum atomic E-state index is -4.49. The van der Waals surface area contributed by atoms with E-state index < -0.39 is 24.2 Å². The number of carbonyl (C=O) groups excluding carboxylic acids is 1. The molecule has 1 aliphatic heterocycles. The Morgan fingerprint density at radius 2 is 1.77 bits per heavy atom. The summed E-state index contributed by atoms with van der Waals surface area (Å²) in [5.74, 6) is -0.435. The lowest BCUT2D eigenvalue weighted by Gasteiger charge is -2.34. The number of aromatic nitrogens is 2. The van der Waals surface area contributed by atoms with Gasteiger partial charge in [-0.25, -0.2) is 4.68 Å². The van der Waals surface area contributed by atoms with Crippen molar-refractivity contribution in [3.05, 3.63) is 76.5 Å². The molecule has 4 rings (SSSR count). The Morgan fingerprint density at radius 3 is 2.45 bits per heavy atom. The SMILES string of the molecule is Cc1ccc([C@@H]2C[C@@H](C(F)(F)F)n3ncc(C(=O)Nc4cc(C)ccc4C)c3N2)cc1. The Bertz CT molecular complexity index is 1120. The van der Waals surface area contributed by atoms with Gasteiger partial charge in [-0.05, 0) is 43.5 Å². The van der Waals surface area contributed by atoms with Crippen molar-refractivity contribution in [2.75, 3.05) is 10.6 Å². The molecule has 2 atom stereocenters. The van der Waals surface area contributed by atoms with Crippen LogP contribution in [0.3, 0.4) is 0 Å². The first-order valence-corrected chi connectivity index (χ1v) is 9.99. The van der Waals surface area contributed by atoms with Crippen LogP contribution in [0.1, 0.15) is 51.1 Å². The number of anilines is 2. The second-order valence-electron chi connectivity index (χ2n) is 8.02. The number of hydrogen-bond acceptors (Lipinski definition) is 3. The van der Waals surface area contributed by atoms with Crippen LogP contribution in [0.5, 0.6) is 0 Å². The number of benzene rings is 2. The van der Waals surface area contributed by atoms with Gasteiger partial charge in [-0.3, -0.25) is 4.79 Å². The average Bonchev–Trinajstić information content (AvgIpc) is 3.14. The molecule has 3 aromatic rings. The zero-order valence-corrected chi connectivity index (χ0v) is 17.4. The number of amides is 1. The Morgan fingerprint density at radius 1 is 1.10 bits per heavy atom. The van der Waals surface area contributed by atoms with Crippen LogP contribution in [0.25, 0.3) is 0 Å². The van der Waals surface area contributed by atoms with E-state index in [1.807, 2.05) is 63.2 Å². The zero-order valence-electron chi connectivity index (χ0n) is 17.4. The van der Waals surface area contributed by atoms with Gasteiger partial charge in [0, 0.05) is 12.1 Å². The first-order chi connectivity index (χ1) is 14.6. The monoisotopic (exact) mass is 428 g/mol. The molecule has 1 aliphatic rings. The number of carbonyl (C=O) groups is 1. The molecule has 0 spiro atoms. The fourth-order valence-corrected chi connectivity index (χ4v) is 3.81. The molecule has 1 amide bonds. The van der Waals surface area contributed by atoms with Crippen LogP contribution in [0.4, 0.5) is 24.7 Å². The third-order valence-corrected chi connectivity index (χ3v) is 5.60. The maximum atomic E-state index is 13.8. The maximum Gasteiger partial charge on any atom is 0.410 e. The van der Waals surface area contributed by atoms with Gasteiger partial charge in [-0.2, -0.15) is 18.3 Å². The normalized spacial score (nSPS) is 18.3. The highest BCUT2D eigenvalue weighted by atomic mass is 19.4. The zero-order chi connectivity index (χ0) is 22.3. The van der Waals surface area contributed by atoms with E-state index in [9.17, 15) is 18.0 Å².